The van der Waals surface area contributed by atoms with Crippen LogP contribution in [-0.2, 0) is 23.2 Å². The molecule has 0 aliphatic rings. The van der Waals surface area contributed by atoms with E-state index in [-0.39, 0.29) is 0 Å². The van der Waals surface area contributed by atoms with Gasteiger partial charge in [-0.25, -0.2) is 14.6 Å². The van der Waals surface area contributed by atoms with Crippen LogP contribution in [0, 0.1) is 0 Å². The molecule has 0 spiro atoms. The van der Waals surface area contributed by atoms with E-state index in [1.165, 1.54) is 0 Å². The molecule has 0 aliphatic heterocycles. The van der Waals surface area contributed by atoms with Crippen LogP contribution in [0.3, 0.4) is 0 Å². The lowest BCUT2D eigenvalue weighted by atomic mass is 10.1. The molecule has 3 rings (SSSR count). The van der Waals surface area contributed by atoms with Crippen molar-refractivity contribution in [1.82, 2.24) is 9.55 Å². The number of imidazole rings is 1. The summed E-state index contributed by atoms with van der Waals surface area (Å²) in [5.74, 6) is -0.197. The zero-order valence-corrected chi connectivity index (χ0v) is 20.2. The van der Waals surface area contributed by atoms with Gasteiger partial charge in [0.05, 0.1) is 39.8 Å². The topological polar surface area (TPSA) is 141 Å². The number of ether oxygens (including phenoxy) is 4. The van der Waals surface area contributed by atoms with E-state index in [9.17, 15) is 0 Å². The highest BCUT2D eigenvalue weighted by atomic mass is 16.5. The number of nitrogens with one attached hydrogen (secondary N) is 1. The van der Waals surface area contributed by atoms with E-state index in [0.29, 0.717) is 30.4 Å². The summed E-state index contributed by atoms with van der Waals surface area (Å²) in [7, 11) is 6.79. The summed E-state index contributed by atoms with van der Waals surface area (Å²) in [6, 6.07) is 11.8. The molecular formula is C24H29N3O8. The number of nitrogens with zero attached hydrogens (tertiary/aromatic N) is 2. The Balaban J connectivity index is 0.000000641. The normalized spacial score (nSPS) is 9.97. The lowest BCUT2D eigenvalue weighted by Crippen LogP contribution is -2.09. The molecule has 11 nitrogen and oxygen atoms in total. The van der Waals surface area contributed by atoms with Gasteiger partial charge in [-0.3, -0.25) is 0 Å². The molecule has 0 unspecified atom stereocenters. The fourth-order valence-electron chi connectivity index (χ4n) is 3.15. The largest absolute Gasteiger partial charge is 0.494 e. The molecule has 2 aromatic carbocycles. The third-order valence-electron chi connectivity index (χ3n) is 4.81. The Morgan fingerprint density at radius 3 is 2.00 bits per heavy atom. The van der Waals surface area contributed by atoms with Gasteiger partial charge in [0.25, 0.3) is 0 Å². The summed E-state index contributed by atoms with van der Waals surface area (Å²) >= 11 is 0. The summed E-state index contributed by atoms with van der Waals surface area (Å²) in [6.07, 6.45) is 1.85. The van der Waals surface area contributed by atoms with Gasteiger partial charge in [-0.2, -0.15) is 0 Å². The molecule has 1 aromatic heterocycles. The van der Waals surface area contributed by atoms with Crippen LogP contribution in [0.4, 0.5) is 5.95 Å². The molecule has 11 heteroatoms. The minimum absolute atomic E-state index is 0.560. The molecule has 0 aliphatic carbocycles. The van der Waals surface area contributed by atoms with Crippen molar-refractivity contribution in [2.75, 3.05) is 33.3 Å². The van der Waals surface area contributed by atoms with Crippen molar-refractivity contribution in [3.05, 3.63) is 48.2 Å². The molecule has 1 heterocycles. The van der Waals surface area contributed by atoms with Gasteiger partial charge < -0.3 is 39.0 Å². The minimum Gasteiger partial charge on any atom is -0.494 e. The molecule has 0 amide bonds. The smallest absolute Gasteiger partial charge is 0.414 e. The molecule has 0 radical (unpaired) electrons. The molecule has 3 N–H and O–H groups in total. The number of aliphatic carboxylic acids is 2. The average Bonchev–Trinajstić information content (AvgIpc) is 3.23. The second kappa shape index (κ2) is 12.7. The molecule has 0 atom stereocenters. The quantitative estimate of drug-likeness (QED) is 0.385. The Hall–Kier alpha value is -4.41. The summed E-state index contributed by atoms with van der Waals surface area (Å²) < 4.78 is 23.7. The second-order valence-electron chi connectivity index (χ2n) is 6.98. The standard InChI is InChI=1S/C22H27N3O4.C2H2O4/c1-6-29-17-9-7-16(8-10-17)18-14-24-22(25(18)2)23-13-15-11-19(26-3)21(28-5)20(12-15)27-4;3-1(4)2(5)6/h7-12,14H,6,13H2,1-5H3,(H,23,24);(H,3,4)(H,5,6). The SMILES string of the molecule is CCOc1ccc(-c2cnc(NCc3cc(OC)c(OC)c(OC)c3)n2C)cc1.O=C(O)C(=O)O. The van der Waals surface area contributed by atoms with Crippen molar-refractivity contribution in [3.8, 4) is 34.3 Å². The third-order valence-corrected chi connectivity index (χ3v) is 4.81. The monoisotopic (exact) mass is 487 g/mol. The van der Waals surface area contributed by atoms with Gasteiger partial charge in [0.15, 0.2) is 11.5 Å². The van der Waals surface area contributed by atoms with Crippen LogP contribution in [0.2, 0.25) is 0 Å². The molecule has 0 fully saturated rings. The Bertz CT molecular complexity index is 1110. The van der Waals surface area contributed by atoms with Crippen LogP contribution in [0.25, 0.3) is 11.3 Å². The third kappa shape index (κ3) is 7.03. The predicted molar refractivity (Wildman–Crippen MR) is 129 cm³/mol. The van der Waals surface area contributed by atoms with Crippen LogP contribution in [0.15, 0.2) is 42.6 Å². The number of aromatic nitrogens is 2. The van der Waals surface area contributed by atoms with E-state index in [4.69, 9.17) is 38.7 Å². The van der Waals surface area contributed by atoms with Crippen LogP contribution in [0.5, 0.6) is 23.0 Å². The fourth-order valence-corrected chi connectivity index (χ4v) is 3.15. The van der Waals surface area contributed by atoms with Crippen molar-refractivity contribution in [2.24, 2.45) is 7.05 Å². The van der Waals surface area contributed by atoms with Crippen molar-refractivity contribution in [2.45, 2.75) is 13.5 Å². The van der Waals surface area contributed by atoms with Crippen LogP contribution in [0.1, 0.15) is 12.5 Å². The van der Waals surface area contributed by atoms with Gasteiger partial charge in [0.1, 0.15) is 5.75 Å². The maximum absolute atomic E-state index is 9.10. The van der Waals surface area contributed by atoms with E-state index in [1.54, 1.807) is 21.3 Å². The highest BCUT2D eigenvalue weighted by molar-refractivity contribution is 6.27. The molecule has 0 bridgehead atoms. The highest BCUT2D eigenvalue weighted by Crippen LogP contribution is 2.38. The number of rotatable bonds is 9. The van der Waals surface area contributed by atoms with E-state index in [1.807, 2.05) is 61.1 Å². The number of benzene rings is 2. The molecule has 0 saturated carbocycles. The molecule has 0 saturated heterocycles. The first kappa shape index (κ1) is 26.8. The lowest BCUT2D eigenvalue weighted by Gasteiger charge is -2.15. The van der Waals surface area contributed by atoms with E-state index in [0.717, 1.165) is 28.5 Å². The number of methoxy groups -OCH3 is 3. The Labute approximate surface area is 202 Å². The molecular weight excluding hydrogens is 458 g/mol. The molecule has 3 aromatic rings. The van der Waals surface area contributed by atoms with Gasteiger partial charge in [-0.1, -0.05) is 0 Å². The Morgan fingerprint density at radius 1 is 0.971 bits per heavy atom. The first-order valence-electron chi connectivity index (χ1n) is 10.5. The van der Waals surface area contributed by atoms with Gasteiger partial charge >= 0.3 is 11.9 Å². The number of hydrogen-bond donors (Lipinski definition) is 3. The zero-order valence-electron chi connectivity index (χ0n) is 20.2. The van der Waals surface area contributed by atoms with Gasteiger partial charge in [0, 0.05) is 19.2 Å². The zero-order chi connectivity index (χ0) is 26.0. The maximum atomic E-state index is 9.10. The van der Waals surface area contributed by atoms with Gasteiger partial charge in [0.2, 0.25) is 11.7 Å². The number of carbonyl (C=O) groups is 2. The first-order chi connectivity index (χ1) is 16.7. The Morgan fingerprint density at radius 2 is 1.54 bits per heavy atom. The van der Waals surface area contributed by atoms with Crippen LogP contribution in [-0.4, -0.2) is 59.6 Å². The van der Waals surface area contributed by atoms with Crippen LogP contribution >= 0.6 is 0 Å². The van der Waals surface area contributed by atoms with Crippen LogP contribution < -0.4 is 24.3 Å². The Kier molecular flexibility index (Phi) is 9.76. The molecule has 188 valence electrons. The fraction of sp³-hybridized carbons (Fsp3) is 0.292. The van der Waals surface area contributed by atoms with Gasteiger partial charge in [-0.05, 0) is 48.9 Å². The number of hydrogen-bond acceptors (Lipinski definition) is 8. The van der Waals surface area contributed by atoms with Crippen molar-refractivity contribution >= 4 is 17.9 Å². The van der Waals surface area contributed by atoms with E-state index in [2.05, 4.69) is 10.3 Å². The number of anilines is 1. The summed E-state index contributed by atoms with van der Waals surface area (Å²) in [5.41, 5.74) is 3.08. The first-order valence-corrected chi connectivity index (χ1v) is 10.5. The summed E-state index contributed by atoms with van der Waals surface area (Å²) in [6.45, 7) is 3.19. The average molecular weight is 488 g/mol. The summed E-state index contributed by atoms with van der Waals surface area (Å²) in [4.78, 5) is 22.7. The predicted octanol–water partition coefficient (Wildman–Crippen LogP) is 3.28. The second-order valence-corrected chi connectivity index (χ2v) is 6.98. The maximum Gasteiger partial charge on any atom is 0.414 e. The van der Waals surface area contributed by atoms with Crippen molar-refractivity contribution < 1.29 is 38.7 Å². The lowest BCUT2D eigenvalue weighted by molar-refractivity contribution is -0.159. The van der Waals surface area contributed by atoms with E-state index < -0.39 is 11.9 Å². The van der Waals surface area contributed by atoms with Crippen molar-refractivity contribution in [1.29, 1.82) is 0 Å². The minimum atomic E-state index is -1.82. The van der Waals surface area contributed by atoms with Gasteiger partial charge in [-0.15, -0.1) is 0 Å². The number of carboxylic acids is 2. The van der Waals surface area contributed by atoms with E-state index >= 15 is 0 Å². The number of carboxylic acid groups (broad SMARTS) is 2. The molecule has 35 heavy (non-hydrogen) atoms. The summed E-state index contributed by atoms with van der Waals surface area (Å²) in [5, 5.41) is 18.1. The highest BCUT2D eigenvalue weighted by Gasteiger charge is 2.14. The van der Waals surface area contributed by atoms with Crippen molar-refractivity contribution in [3.63, 3.8) is 0 Å².